The maximum atomic E-state index is 6.31. The van der Waals surface area contributed by atoms with Crippen LogP contribution in [0.3, 0.4) is 0 Å². The summed E-state index contributed by atoms with van der Waals surface area (Å²) in [6, 6.07) is 16.3. The van der Waals surface area contributed by atoms with Crippen LogP contribution in [0.2, 0.25) is 0 Å². The SMILES string of the molecule is COc1ccc2c(c1)nc(C(C)Cl)n2Cc1ccccc1. The summed E-state index contributed by atoms with van der Waals surface area (Å²) >= 11 is 6.31. The van der Waals surface area contributed by atoms with Gasteiger partial charge in [0, 0.05) is 12.6 Å². The molecule has 0 N–H and O–H groups in total. The van der Waals surface area contributed by atoms with E-state index >= 15 is 0 Å². The number of halogens is 1. The van der Waals surface area contributed by atoms with Crippen molar-refractivity contribution in [3.63, 3.8) is 0 Å². The van der Waals surface area contributed by atoms with Gasteiger partial charge in [-0.2, -0.15) is 0 Å². The van der Waals surface area contributed by atoms with E-state index in [9.17, 15) is 0 Å². The Morgan fingerprint density at radius 2 is 1.95 bits per heavy atom. The lowest BCUT2D eigenvalue weighted by atomic mass is 10.2. The van der Waals surface area contributed by atoms with Gasteiger partial charge in [-0.25, -0.2) is 4.98 Å². The molecule has 1 unspecified atom stereocenters. The number of methoxy groups -OCH3 is 1. The molecule has 0 amide bonds. The van der Waals surface area contributed by atoms with E-state index in [2.05, 4.69) is 21.7 Å². The van der Waals surface area contributed by atoms with Crippen molar-refractivity contribution >= 4 is 22.6 Å². The largest absolute Gasteiger partial charge is 0.497 e. The molecule has 3 nitrogen and oxygen atoms in total. The van der Waals surface area contributed by atoms with Gasteiger partial charge in [-0.1, -0.05) is 30.3 Å². The standard InChI is InChI=1S/C17H17ClN2O/c1-12(18)17-19-15-10-14(21-2)8-9-16(15)20(17)11-13-6-4-3-5-7-13/h3-10,12H,11H2,1-2H3. The van der Waals surface area contributed by atoms with Crippen molar-refractivity contribution in [3.05, 3.63) is 59.9 Å². The van der Waals surface area contributed by atoms with Crippen LogP contribution in [0.5, 0.6) is 5.75 Å². The Hall–Kier alpha value is -2.00. The lowest BCUT2D eigenvalue weighted by Gasteiger charge is -2.10. The predicted molar refractivity (Wildman–Crippen MR) is 86.1 cm³/mol. The van der Waals surface area contributed by atoms with Crippen LogP contribution in [0.25, 0.3) is 11.0 Å². The van der Waals surface area contributed by atoms with Gasteiger partial charge in [-0.3, -0.25) is 0 Å². The third-order valence-electron chi connectivity index (χ3n) is 3.52. The molecule has 1 atom stereocenters. The molecule has 0 aliphatic heterocycles. The highest BCUT2D eigenvalue weighted by molar-refractivity contribution is 6.20. The Morgan fingerprint density at radius 3 is 2.62 bits per heavy atom. The van der Waals surface area contributed by atoms with Gasteiger partial charge in [-0.05, 0) is 24.6 Å². The summed E-state index contributed by atoms with van der Waals surface area (Å²) in [5.74, 6) is 1.68. The molecule has 21 heavy (non-hydrogen) atoms. The van der Waals surface area contributed by atoms with Crippen LogP contribution in [-0.2, 0) is 6.54 Å². The van der Waals surface area contributed by atoms with Crippen LogP contribution in [0.1, 0.15) is 23.7 Å². The van der Waals surface area contributed by atoms with Gasteiger partial charge < -0.3 is 9.30 Å². The van der Waals surface area contributed by atoms with Crippen LogP contribution >= 0.6 is 11.6 Å². The molecule has 0 aliphatic rings. The smallest absolute Gasteiger partial charge is 0.128 e. The first-order valence-electron chi connectivity index (χ1n) is 6.91. The van der Waals surface area contributed by atoms with E-state index in [1.165, 1.54) is 5.56 Å². The van der Waals surface area contributed by atoms with Crippen LogP contribution < -0.4 is 4.74 Å². The fraction of sp³-hybridized carbons (Fsp3) is 0.235. The van der Waals surface area contributed by atoms with Crippen molar-refractivity contribution in [1.82, 2.24) is 9.55 Å². The quantitative estimate of drug-likeness (QED) is 0.668. The minimum Gasteiger partial charge on any atom is -0.497 e. The number of imidazole rings is 1. The number of alkyl halides is 1. The van der Waals surface area contributed by atoms with Gasteiger partial charge in [0.2, 0.25) is 0 Å². The zero-order chi connectivity index (χ0) is 14.8. The van der Waals surface area contributed by atoms with Crippen LogP contribution in [0, 0.1) is 0 Å². The van der Waals surface area contributed by atoms with E-state index in [4.69, 9.17) is 16.3 Å². The molecule has 0 saturated carbocycles. The van der Waals surface area contributed by atoms with Crippen LogP contribution in [0.4, 0.5) is 0 Å². The summed E-state index contributed by atoms with van der Waals surface area (Å²) in [5, 5.41) is -0.146. The Kier molecular flexibility index (Phi) is 3.84. The van der Waals surface area contributed by atoms with Gasteiger partial charge in [0.1, 0.15) is 11.6 Å². The summed E-state index contributed by atoms with van der Waals surface area (Å²) in [6.45, 7) is 2.71. The van der Waals surface area contributed by atoms with Gasteiger partial charge in [0.25, 0.3) is 0 Å². The molecule has 108 valence electrons. The molecule has 0 aliphatic carbocycles. The minimum atomic E-state index is -0.146. The molecule has 0 radical (unpaired) electrons. The topological polar surface area (TPSA) is 27.1 Å². The number of hydrogen-bond donors (Lipinski definition) is 0. The van der Waals surface area contributed by atoms with Gasteiger partial charge >= 0.3 is 0 Å². The van der Waals surface area contributed by atoms with E-state index in [0.29, 0.717) is 0 Å². The van der Waals surface area contributed by atoms with Crippen molar-refractivity contribution in [1.29, 1.82) is 0 Å². The molecule has 0 saturated heterocycles. The zero-order valence-corrected chi connectivity index (χ0v) is 12.8. The van der Waals surface area contributed by atoms with Gasteiger partial charge in [-0.15, -0.1) is 11.6 Å². The Balaban J connectivity index is 2.12. The number of fused-ring (bicyclic) bond motifs is 1. The lowest BCUT2D eigenvalue weighted by Crippen LogP contribution is -2.05. The average molecular weight is 301 g/mol. The maximum absolute atomic E-state index is 6.31. The first-order chi connectivity index (χ1) is 10.2. The van der Waals surface area contributed by atoms with Crippen molar-refractivity contribution in [3.8, 4) is 5.75 Å². The van der Waals surface area contributed by atoms with Gasteiger partial charge in [0.15, 0.2) is 0 Å². The molecular weight excluding hydrogens is 284 g/mol. The van der Waals surface area contributed by atoms with Crippen LogP contribution in [0.15, 0.2) is 48.5 Å². The van der Waals surface area contributed by atoms with E-state index in [1.54, 1.807) is 7.11 Å². The molecule has 0 spiro atoms. The highest BCUT2D eigenvalue weighted by atomic mass is 35.5. The molecule has 0 bridgehead atoms. The minimum absolute atomic E-state index is 0.146. The first kappa shape index (κ1) is 14.0. The van der Waals surface area contributed by atoms with Crippen molar-refractivity contribution < 1.29 is 4.74 Å². The third-order valence-corrected chi connectivity index (χ3v) is 3.72. The molecule has 4 heteroatoms. The first-order valence-corrected chi connectivity index (χ1v) is 7.35. The van der Waals surface area contributed by atoms with Crippen molar-refractivity contribution in [2.24, 2.45) is 0 Å². The number of aromatic nitrogens is 2. The molecular formula is C17H17ClN2O. The van der Waals surface area contributed by atoms with Crippen molar-refractivity contribution in [2.45, 2.75) is 18.8 Å². The Bertz CT molecular complexity index is 750. The number of hydrogen-bond acceptors (Lipinski definition) is 2. The molecule has 3 rings (SSSR count). The summed E-state index contributed by atoms with van der Waals surface area (Å²) in [4.78, 5) is 4.67. The average Bonchev–Trinajstić information content (AvgIpc) is 2.86. The molecule has 1 heterocycles. The second-order valence-corrected chi connectivity index (χ2v) is 5.67. The maximum Gasteiger partial charge on any atom is 0.128 e. The monoisotopic (exact) mass is 300 g/mol. The fourth-order valence-electron chi connectivity index (χ4n) is 2.49. The highest BCUT2D eigenvalue weighted by Crippen LogP contribution is 2.27. The van der Waals surface area contributed by atoms with Crippen molar-refractivity contribution in [2.75, 3.05) is 7.11 Å². The Morgan fingerprint density at radius 1 is 1.19 bits per heavy atom. The summed E-state index contributed by atoms with van der Waals surface area (Å²) in [6.07, 6.45) is 0. The molecule has 3 aromatic rings. The van der Waals surface area contributed by atoms with E-state index in [-0.39, 0.29) is 5.38 Å². The fourth-order valence-corrected chi connectivity index (χ4v) is 2.66. The van der Waals surface area contributed by atoms with E-state index in [1.807, 2.05) is 43.3 Å². The molecule has 1 aromatic heterocycles. The Labute approximate surface area is 129 Å². The molecule has 2 aromatic carbocycles. The van der Waals surface area contributed by atoms with Gasteiger partial charge in [0.05, 0.1) is 23.5 Å². The molecule has 0 fully saturated rings. The highest BCUT2D eigenvalue weighted by Gasteiger charge is 2.15. The second kappa shape index (κ2) is 5.78. The third kappa shape index (κ3) is 2.74. The number of rotatable bonds is 4. The predicted octanol–water partition coefficient (Wildman–Crippen LogP) is 4.39. The van der Waals surface area contributed by atoms with E-state index < -0.39 is 0 Å². The second-order valence-electron chi connectivity index (χ2n) is 5.01. The summed E-state index contributed by atoms with van der Waals surface area (Å²) in [5.41, 5.74) is 3.21. The normalized spacial score (nSPS) is 12.5. The van der Waals surface area contributed by atoms with Crippen LogP contribution in [-0.4, -0.2) is 16.7 Å². The summed E-state index contributed by atoms with van der Waals surface area (Å²) < 4.78 is 7.44. The van der Waals surface area contributed by atoms with E-state index in [0.717, 1.165) is 29.2 Å². The number of benzene rings is 2. The number of nitrogens with zero attached hydrogens (tertiary/aromatic N) is 2. The summed E-state index contributed by atoms with van der Waals surface area (Å²) in [7, 11) is 1.66. The lowest BCUT2D eigenvalue weighted by molar-refractivity contribution is 0.415. The number of ether oxygens (including phenoxy) is 1. The zero-order valence-electron chi connectivity index (χ0n) is 12.1.